The van der Waals surface area contributed by atoms with E-state index in [0.717, 1.165) is 16.1 Å². The Kier molecular flexibility index (Phi) is 6.62. The molecule has 1 N–H and O–H groups in total. The van der Waals surface area contributed by atoms with E-state index in [9.17, 15) is 4.79 Å². The first-order chi connectivity index (χ1) is 13.1. The van der Waals surface area contributed by atoms with Gasteiger partial charge in [-0.3, -0.25) is 4.79 Å². The summed E-state index contributed by atoms with van der Waals surface area (Å²) in [5, 5.41) is 13.3. The van der Waals surface area contributed by atoms with Crippen molar-refractivity contribution in [1.29, 1.82) is 0 Å². The monoisotopic (exact) mass is 403 g/mol. The molecule has 8 heteroatoms. The summed E-state index contributed by atoms with van der Waals surface area (Å²) in [4.78, 5) is 12.9. The molecule has 27 heavy (non-hydrogen) atoms. The van der Waals surface area contributed by atoms with Gasteiger partial charge in [-0.15, -0.1) is 21.5 Å². The lowest BCUT2D eigenvalue weighted by atomic mass is 10.2. The van der Waals surface area contributed by atoms with E-state index in [0.29, 0.717) is 23.2 Å². The summed E-state index contributed by atoms with van der Waals surface area (Å²) in [7, 11) is 0. The summed E-state index contributed by atoms with van der Waals surface area (Å²) in [5.74, 6) is 0.645. The molecule has 2 aromatic heterocycles. The molecule has 0 fully saturated rings. The van der Waals surface area contributed by atoms with Crippen molar-refractivity contribution < 1.29 is 14.3 Å². The van der Waals surface area contributed by atoms with Gasteiger partial charge in [0.05, 0.1) is 16.4 Å². The van der Waals surface area contributed by atoms with Crippen molar-refractivity contribution in [2.24, 2.45) is 0 Å². The van der Waals surface area contributed by atoms with Crippen molar-refractivity contribution in [2.75, 3.05) is 19.8 Å². The van der Waals surface area contributed by atoms with Crippen LogP contribution in [0.25, 0.3) is 10.6 Å². The quantitative estimate of drug-likeness (QED) is 0.580. The molecule has 0 radical (unpaired) electrons. The molecule has 3 rings (SSSR count). The van der Waals surface area contributed by atoms with E-state index >= 15 is 0 Å². The Balaban J connectivity index is 1.37. The second kappa shape index (κ2) is 9.34. The fraction of sp³-hybridized carbons (Fsp3) is 0.211. The average molecular weight is 404 g/mol. The number of thiophene rings is 1. The molecule has 1 aromatic carbocycles. The Morgan fingerprint density at radius 1 is 1.19 bits per heavy atom. The Bertz CT molecular complexity index is 886. The second-order valence-corrected chi connectivity index (χ2v) is 7.01. The van der Waals surface area contributed by atoms with Crippen LogP contribution in [0, 0.1) is 6.92 Å². The minimum Gasteiger partial charge on any atom is -0.482 e. The first-order valence-electron chi connectivity index (χ1n) is 8.28. The molecule has 0 saturated heterocycles. The van der Waals surface area contributed by atoms with Crippen LogP contribution in [0.15, 0.2) is 47.8 Å². The Morgan fingerprint density at radius 3 is 2.81 bits per heavy atom. The van der Waals surface area contributed by atoms with Crippen molar-refractivity contribution in [3.05, 3.63) is 58.4 Å². The molecule has 140 valence electrons. The number of rotatable bonds is 8. The highest BCUT2D eigenvalue weighted by molar-refractivity contribution is 7.13. The van der Waals surface area contributed by atoms with E-state index in [1.165, 1.54) is 0 Å². The van der Waals surface area contributed by atoms with Crippen LogP contribution in [0.5, 0.6) is 11.6 Å². The standard InChI is InChI=1S/C19H18ClN3O3S/c1-13-4-5-14(20)16(11-13)26-12-18(24)21-8-9-25-19-7-6-15(22-23-19)17-3-2-10-27-17/h2-7,10-11H,8-9,12H2,1H3,(H,21,24). The molecule has 0 saturated carbocycles. The zero-order valence-electron chi connectivity index (χ0n) is 14.6. The number of halogens is 1. The number of carbonyl (C=O) groups excluding carboxylic acids is 1. The fourth-order valence-corrected chi connectivity index (χ4v) is 3.08. The Morgan fingerprint density at radius 2 is 2.07 bits per heavy atom. The maximum Gasteiger partial charge on any atom is 0.258 e. The molecular formula is C19H18ClN3O3S. The molecule has 3 aromatic rings. The van der Waals surface area contributed by atoms with Gasteiger partial charge in [-0.25, -0.2) is 0 Å². The average Bonchev–Trinajstić information content (AvgIpc) is 3.21. The van der Waals surface area contributed by atoms with Crippen LogP contribution in [0.4, 0.5) is 0 Å². The van der Waals surface area contributed by atoms with E-state index in [1.54, 1.807) is 29.5 Å². The molecule has 0 bridgehead atoms. The maximum atomic E-state index is 11.8. The first kappa shape index (κ1) is 19.1. The molecule has 0 aliphatic rings. The van der Waals surface area contributed by atoms with Crippen LogP contribution in [0.1, 0.15) is 5.56 Å². The van der Waals surface area contributed by atoms with Crippen molar-refractivity contribution >= 4 is 28.8 Å². The molecular weight excluding hydrogens is 386 g/mol. The van der Waals surface area contributed by atoms with E-state index in [2.05, 4.69) is 15.5 Å². The van der Waals surface area contributed by atoms with Crippen LogP contribution in [0.3, 0.4) is 0 Å². The highest BCUT2D eigenvalue weighted by atomic mass is 35.5. The lowest BCUT2D eigenvalue weighted by molar-refractivity contribution is -0.123. The van der Waals surface area contributed by atoms with E-state index < -0.39 is 0 Å². The van der Waals surface area contributed by atoms with Gasteiger partial charge >= 0.3 is 0 Å². The molecule has 2 heterocycles. The van der Waals surface area contributed by atoms with Crippen molar-refractivity contribution in [3.63, 3.8) is 0 Å². The molecule has 6 nitrogen and oxygen atoms in total. The Hall–Kier alpha value is -2.64. The van der Waals surface area contributed by atoms with Crippen LogP contribution in [-0.4, -0.2) is 35.9 Å². The fourth-order valence-electron chi connectivity index (χ4n) is 2.21. The van der Waals surface area contributed by atoms with Gasteiger partial charge in [-0.05, 0) is 42.1 Å². The van der Waals surface area contributed by atoms with Gasteiger partial charge in [0, 0.05) is 6.07 Å². The van der Waals surface area contributed by atoms with Gasteiger partial charge in [0.1, 0.15) is 18.1 Å². The van der Waals surface area contributed by atoms with Gasteiger partial charge in [-0.2, -0.15) is 0 Å². The topological polar surface area (TPSA) is 73.3 Å². The lowest BCUT2D eigenvalue weighted by Gasteiger charge is -2.10. The number of carbonyl (C=O) groups is 1. The van der Waals surface area contributed by atoms with Gasteiger partial charge < -0.3 is 14.8 Å². The summed E-state index contributed by atoms with van der Waals surface area (Å²) in [6.45, 7) is 2.43. The number of nitrogens with one attached hydrogen (secondary N) is 1. The molecule has 0 aliphatic heterocycles. The smallest absolute Gasteiger partial charge is 0.258 e. The summed E-state index contributed by atoms with van der Waals surface area (Å²) < 4.78 is 10.9. The minimum atomic E-state index is -0.254. The van der Waals surface area contributed by atoms with Gasteiger partial charge in [-0.1, -0.05) is 23.7 Å². The molecule has 0 aliphatic carbocycles. The zero-order valence-corrected chi connectivity index (χ0v) is 16.2. The highest BCUT2D eigenvalue weighted by Gasteiger charge is 2.07. The molecule has 0 unspecified atom stereocenters. The molecule has 0 atom stereocenters. The predicted molar refractivity (Wildman–Crippen MR) is 106 cm³/mol. The van der Waals surface area contributed by atoms with Crippen LogP contribution in [0.2, 0.25) is 5.02 Å². The largest absolute Gasteiger partial charge is 0.482 e. The third kappa shape index (κ3) is 5.67. The minimum absolute atomic E-state index is 0.113. The van der Waals surface area contributed by atoms with Crippen molar-refractivity contribution in [1.82, 2.24) is 15.5 Å². The third-order valence-electron chi connectivity index (χ3n) is 3.53. The Labute approximate surface area is 166 Å². The summed E-state index contributed by atoms with van der Waals surface area (Å²) in [5.41, 5.74) is 1.81. The maximum absolute atomic E-state index is 11.8. The number of amides is 1. The van der Waals surface area contributed by atoms with Crippen LogP contribution in [-0.2, 0) is 4.79 Å². The third-order valence-corrected chi connectivity index (χ3v) is 4.74. The number of aromatic nitrogens is 2. The van der Waals surface area contributed by atoms with Gasteiger partial charge in [0.25, 0.3) is 5.91 Å². The normalized spacial score (nSPS) is 10.4. The van der Waals surface area contributed by atoms with E-state index in [1.807, 2.05) is 36.6 Å². The number of aryl methyl sites for hydroxylation is 1. The SMILES string of the molecule is Cc1ccc(Cl)c(OCC(=O)NCCOc2ccc(-c3cccs3)nn2)c1. The lowest BCUT2D eigenvalue weighted by Crippen LogP contribution is -2.32. The number of hydrogen-bond acceptors (Lipinski definition) is 6. The van der Waals surface area contributed by atoms with E-state index in [4.69, 9.17) is 21.1 Å². The predicted octanol–water partition coefficient (Wildman–Crippen LogP) is 3.74. The molecule has 0 spiro atoms. The number of nitrogens with zero attached hydrogens (tertiary/aromatic N) is 2. The van der Waals surface area contributed by atoms with Crippen LogP contribution < -0.4 is 14.8 Å². The highest BCUT2D eigenvalue weighted by Crippen LogP contribution is 2.25. The molecule has 1 amide bonds. The van der Waals surface area contributed by atoms with Gasteiger partial charge in [0.2, 0.25) is 5.88 Å². The number of ether oxygens (including phenoxy) is 2. The van der Waals surface area contributed by atoms with Gasteiger partial charge in [0.15, 0.2) is 6.61 Å². The second-order valence-electron chi connectivity index (χ2n) is 5.66. The van der Waals surface area contributed by atoms with Crippen molar-refractivity contribution in [2.45, 2.75) is 6.92 Å². The summed E-state index contributed by atoms with van der Waals surface area (Å²) in [6, 6.07) is 13.0. The zero-order chi connectivity index (χ0) is 19.1. The number of benzene rings is 1. The number of hydrogen-bond donors (Lipinski definition) is 1. The van der Waals surface area contributed by atoms with Crippen molar-refractivity contribution in [3.8, 4) is 22.2 Å². The van der Waals surface area contributed by atoms with Crippen LogP contribution >= 0.6 is 22.9 Å². The first-order valence-corrected chi connectivity index (χ1v) is 9.53. The summed E-state index contributed by atoms with van der Waals surface area (Å²) in [6.07, 6.45) is 0. The summed E-state index contributed by atoms with van der Waals surface area (Å²) >= 11 is 7.63. The van der Waals surface area contributed by atoms with E-state index in [-0.39, 0.29) is 19.1 Å².